The lowest BCUT2D eigenvalue weighted by Crippen LogP contribution is -2.14. The molecular formula is C12H8BrFN2O4S. The van der Waals surface area contributed by atoms with Gasteiger partial charge in [-0.25, -0.2) is 17.6 Å². The number of halogens is 2. The Balaban J connectivity index is 2.43. The van der Waals surface area contributed by atoms with E-state index in [2.05, 4.69) is 25.6 Å². The molecule has 0 bridgehead atoms. The van der Waals surface area contributed by atoms with Crippen molar-refractivity contribution in [3.05, 3.63) is 52.5 Å². The summed E-state index contributed by atoms with van der Waals surface area (Å²) < 4.78 is 40.3. The molecule has 0 aliphatic rings. The van der Waals surface area contributed by atoms with Crippen LogP contribution in [0, 0.1) is 5.82 Å². The van der Waals surface area contributed by atoms with Crippen molar-refractivity contribution in [1.29, 1.82) is 0 Å². The van der Waals surface area contributed by atoms with Crippen LogP contribution in [0.4, 0.5) is 10.1 Å². The van der Waals surface area contributed by atoms with Gasteiger partial charge in [0.1, 0.15) is 5.82 Å². The summed E-state index contributed by atoms with van der Waals surface area (Å²) in [5, 5.41) is 8.82. The van der Waals surface area contributed by atoms with Gasteiger partial charge in [0.15, 0.2) is 0 Å². The first-order chi connectivity index (χ1) is 9.81. The molecule has 0 aliphatic carbocycles. The number of carbonyl (C=O) groups is 1. The van der Waals surface area contributed by atoms with Crippen molar-refractivity contribution >= 4 is 37.6 Å². The van der Waals surface area contributed by atoms with Gasteiger partial charge in [-0.05, 0) is 40.2 Å². The number of carboxylic acids is 1. The number of nitrogens with zero attached hydrogens (tertiary/aromatic N) is 1. The summed E-state index contributed by atoms with van der Waals surface area (Å²) in [4.78, 5) is 14.3. The molecule has 110 valence electrons. The minimum Gasteiger partial charge on any atom is -0.478 e. The maximum atomic E-state index is 13.3. The predicted octanol–water partition coefficient (Wildman–Crippen LogP) is 2.48. The Morgan fingerprint density at radius 2 is 2.05 bits per heavy atom. The Morgan fingerprint density at radius 3 is 2.67 bits per heavy atom. The van der Waals surface area contributed by atoms with Gasteiger partial charge in [-0.1, -0.05) is 0 Å². The normalized spacial score (nSPS) is 11.1. The molecule has 2 aromatic rings. The smallest absolute Gasteiger partial charge is 0.338 e. The van der Waals surface area contributed by atoms with E-state index in [1.807, 2.05) is 0 Å². The first-order valence-corrected chi connectivity index (χ1v) is 7.74. The second-order valence-corrected chi connectivity index (χ2v) is 6.44. The summed E-state index contributed by atoms with van der Waals surface area (Å²) in [6.07, 6.45) is 2.78. The molecule has 0 amide bonds. The number of rotatable bonds is 4. The number of benzene rings is 1. The maximum absolute atomic E-state index is 13.3. The van der Waals surface area contributed by atoms with Crippen molar-refractivity contribution in [1.82, 2.24) is 4.98 Å². The van der Waals surface area contributed by atoms with Crippen LogP contribution in [0.2, 0.25) is 0 Å². The molecule has 0 radical (unpaired) electrons. The van der Waals surface area contributed by atoms with Crippen molar-refractivity contribution in [3.8, 4) is 0 Å². The van der Waals surface area contributed by atoms with Gasteiger partial charge in [-0.2, -0.15) is 0 Å². The molecule has 1 aromatic heterocycles. The molecule has 2 N–H and O–H groups in total. The molecule has 0 unspecified atom stereocenters. The van der Waals surface area contributed by atoms with Crippen molar-refractivity contribution in [2.75, 3.05) is 4.72 Å². The van der Waals surface area contributed by atoms with Gasteiger partial charge in [0, 0.05) is 12.4 Å². The molecular weight excluding hydrogens is 367 g/mol. The van der Waals surface area contributed by atoms with E-state index in [9.17, 15) is 17.6 Å². The monoisotopic (exact) mass is 374 g/mol. The van der Waals surface area contributed by atoms with Gasteiger partial charge in [-0.3, -0.25) is 9.71 Å². The van der Waals surface area contributed by atoms with Gasteiger partial charge >= 0.3 is 5.97 Å². The fraction of sp³-hybridized carbons (Fsp3) is 0. The quantitative estimate of drug-likeness (QED) is 0.856. The standard InChI is InChI=1S/C12H8BrFN2O4S/c13-9-6-15-4-3-11(9)16-21(19,20)7-1-2-10(14)8(5-7)12(17)18/h1-6H,(H,15,16)(H,17,18). The molecule has 0 aliphatic heterocycles. The van der Waals surface area contributed by atoms with Crippen molar-refractivity contribution in [3.63, 3.8) is 0 Å². The topological polar surface area (TPSA) is 96.4 Å². The number of hydrogen-bond donors (Lipinski definition) is 2. The molecule has 1 aromatic carbocycles. The fourth-order valence-electron chi connectivity index (χ4n) is 1.50. The SMILES string of the molecule is O=C(O)c1cc(S(=O)(=O)Nc2ccncc2Br)ccc1F. The van der Waals surface area contributed by atoms with Crippen molar-refractivity contribution < 1.29 is 22.7 Å². The van der Waals surface area contributed by atoms with Crippen molar-refractivity contribution in [2.45, 2.75) is 4.90 Å². The molecule has 21 heavy (non-hydrogen) atoms. The van der Waals surface area contributed by atoms with E-state index >= 15 is 0 Å². The third kappa shape index (κ3) is 3.37. The van der Waals surface area contributed by atoms with Crippen LogP contribution in [0.15, 0.2) is 46.0 Å². The highest BCUT2D eigenvalue weighted by Gasteiger charge is 2.20. The lowest BCUT2D eigenvalue weighted by molar-refractivity contribution is 0.0691. The zero-order valence-electron chi connectivity index (χ0n) is 10.2. The summed E-state index contributed by atoms with van der Waals surface area (Å²) in [5.41, 5.74) is -0.488. The molecule has 6 nitrogen and oxygen atoms in total. The summed E-state index contributed by atoms with van der Waals surface area (Å²) in [6, 6.07) is 3.96. The maximum Gasteiger partial charge on any atom is 0.338 e. The zero-order valence-corrected chi connectivity index (χ0v) is 12.6. The Labute approximate surface area is 127 Å². The minimum atomic E-state index is -4.05. The number of aromatic carboxylic acids is 1. The first kappa shape index (κ1) is 15.4. The van der Waals surface area contributed by atoms with Crippen LogP contribution in [0.3, 0.4) is 0 Å². The molecule has 0 saturated heterocycles. The van der Waals surface area contributed by atoms with Crippen LogP contribution >= 0.6 is 15.9 Å². The van der Waals surface area contributed by atoms with Gasteiger partial charge in [0.25, 0.3) is 10.0 Å². The van der Waals surface area contributed by atoms with Crippen LogP contribution in [0.25, 0.3) is 0 Å². The third-order valence-electron chi connectivity index (χ3n) is 2.50. The minimum absolute atomic E-state index is 0.228. The lowest BCUT2D eigenvalue weighted by atomic mass is 10.2. The average Bonchev–Trinajstić information content (AvgIpc) is 2.41. The van der Waals surface area contributed by atoms with E-state index in [4.69, 9.17) is 5.11 Å². The number of nitrogens with one attached hydrogen (secondary N) is 1. The number of aromatic nitrogens is 1. The molecule has 0 atom stereocenters. The number of pyridine rings is 1. The molecule has 1 heterocycles. The van der Waals surface area contributed by atoms with Crippen molar-refractivity contribution in [2.24, 2.45) is 0 Å². The van der Waals surface area contributed by atoms with Gasteiger partial charge in [-0.15, -0.1) is 0 Å². The molecule has 9 heteroatoms. The summed E-state index contributed by atoms with van der Waals surface area (Å²) >= 11 is 3.13. The Morgan fingerprint density at radius 1 is 1.33 bits per heavy atom. The summed E-state index contributed by atoms with van der Waals surface area (Å²) in [7, 11) is -4.05. The molecule has 0 saturated carbocycles. The Kier molecular flexibility index (Phi) is 4.24. The second-order valence-electron chi connectivity index (χ2n) is 3.91. The summed E-state index contributed by atoms with van der Waals surface area (Å²) in [5.74, 6) is -2.55. The number of anilines is 1. The van der Waals surface area contributed by atoms with Crippen LogP contribution in [0.5, 0.6) is 0 Å². The van der Waals surface area contributed by atoms with Crippen LogP contribution in [-0.4, -0.2) is 24.5 Å². The van der Waals surface area contributed by atoms with E-state index in [0.717, 1.165) is 18.2 Å². The highest BCUT2D eigenvalue weighted by Crippen LogP contribution is 2.24. The van der Waals surface area contributed by atoms with Gasteiger partial charge < -0.3 is 5.11 Å². The van der Waals surface area contributed by atoms with E-state index in [-0.39, 0.29) is 10.6 Å². The van der Waals surface area contributed by atoms with Crippen LogP contribution in [0.1, 0.15) is 10.4 Å². The lowest BCUT2D eigenvalue weighted by Gasteiger charge is -2.10. The largest absolute Gasteiger partial charge is 0.478 e. The third-order valence-corrected chi connectivity index (χ3v) is 4.49. The van der Waals surface area contributed by atoms with Crippen LogP contribution in [-0.2, 0) is 10.0 Å². The Bertz CT molecular complexity index is 811. The highest BCUT2D eigenvalue weighted by molar-refractivity contribution is 9.10. The van der Waals surface area contributed by atoms with E-state index in [1.165, 1.54) is 18.5 Å². The number of sulfonamides is 1. The first-order valence-electron chi connectivity index (χ1n) is 5.46. The second kappa shape index (κ2) is 5.78. The number of hydrogen-bond acceptors (Lipinski definition) is 4. The van der Waals surface area contributed by atoms with Crippen LogP contribution < -0.4 is 4.72 Å². The highest BCUT2D eigenvalue weighted by atomic mass is 79.9. The summed E-state index contributed by atoms with van der Waals surface area (Å²) in [6.45, 7) is 0. The van der Waals surface area contributed by atoms with Gasteiger partial charge in [0.05, 0.1) is 20.6 Å². The number of carboxylic acid groups (broad SMARTS) is 1. The Hall–Kier alpha value is -2.00. The van der Waals surface area contributed by atoms with Gasteiger partial charge in [0.2, 0.25) is 0 Å². The average molecular weight is 375 g/mol. The molecule has 0 fully saturated rings. The van der Waals surface area contributed by atoms with E-state index in [1.54, 1.807) is 0 Å². The molecule has 0 spiro atoms. The fourth-order valence-corrected chi connectivity index (χ4v) is 3.08. The predicted molar refractivity (Wildman–Crippen MR) is 76.1 cm³/mol. The zero-order chi connectivity index (χ0) is 15.6. The molecule has 2 rings (SSSR count). The van der Waals surface area contributed by atoms with E-state index in [0.29, 0.717) is 4.47 Å². The van der Waals surface area contributed by atoms with E-state index < -0.39 is 27.4 Å².